The van der Waals surface area contributed by atoms with Gasteiger partial charge in [-0.2, -0.15) is 0 Å². The van der Waals surface area contributed by atoms with Crippen LogP contribution in [0.25, 0.3) is 0 Å². The Balaban J connectivity index is 1.95. The molecule has 0 fully saturated rings. The number of anilines is 1. The molecule has 3 heteroatoms. The summed E-state index contributed by atoms with van der Waals surface area (Å²) in [4.78, 5) is 2.46. The van der Waals surface area contributed by atoms with Crippen molar-refractivity contribution in [2.24, 2.45) is 0 Å². The van der Waals surface area contributed by atoms with Crippen LogP contribution in [0.1, 0.15) is 70.6 Å². The number of aromatic hydroxyl groups is 1. The zero-order chi connectivity index (χ0) is 21.2. The van der Waals surface area contributed by atoms with Crippen molar-refractivity contribution in [3.63, 3.8) is 0 Å². The number of phenolic OH excluding ortho intramolecular Hbond substituents is 1. The average molecular weight is 398 g/mol. The fraction of sp³-hybridized carbons (Fsp3) is 0.538. The molecule has 0 aliphatic rings. The molecular formula is C26H39NO2. The lowest BCUT2D eigenvalue weighted by Crippen LogP contribution is -2.36. The Hall–Kier alpha value is -2.00. The van der Waals surface area contributed by atoms with Gasteiger partial charge in [0.1, 0.15) is 5.75 Å². The molecule has 160 valence electrons. The maximum Gasteiger partial charge on any atom is 0.118 e. The van der Waals surface area contributed by atoms with Crippen LogP contribution in [0.4, 0.5) is 5.69 Å². The largest absolute Gasteiger partial charge is 0.508 e. The zero-order valence-corrected chi connectivity index (χ0v) is 18.9. The van der Waals surface area contributed by atoms with Gasteiger partial charge in [0.05, 0.1) is 6.61 Å². The second kappa shape index (κ2) is 11.9. The number of unbranched alkanes of at least 4 members (excludes halogenated alkanes) is 1. The van der Waals surface area contributed by atoms with E-state index in [2.05, 4.69) is 69.9 Å². The van der Waals surface area contributed by atoms with Gasteiger partial charge in [-0.3, -0.25) is 0 Å². The lowest BCUT2D eigenvalue weighted by atomic mass is 10.0. The van der Waals surface area contributed by atoms with Gasteiger partial charge in [0.25, 0.3) is 0 Å². The lowest BCUT2D eigenvalue weighted by Gasteiger charge is -2.33. The third-order valence-electron chi connectivity index (χ3n) is 5.29. The number of hydrogen-bond acceptors (Lipinski definition) is 3. The molecule has 0 unspecified atom stereocenters. The van der Waals surface area contributed by atoms with E-state index in [9.17, 15) is 5.11 Å². The number of ether oxygens (including phenoxy) is 1. The summed E-state index contributed by atoms with van der Waals surface area (Å²) in [7, 11) is 0. The first-order chi connectivity index (χ1) is 13.9. The van der Waals surface area contributed by atoms with E-state index < -0.39 is 0 Å². The Bertz CT molecular complexity index is 731. The molecule has 0 bridgehead atoms. The summed E-state index contributed by atoms with van der Waals surface area (Å²) >= 11 is 0. The van der Waals surface area contributed by atoms with E-state index in [0.717, 1.165) is 49.8 Å². The highest BCUT2D eigenvalue weighted by Gasteiger charge is 2.14. The number of hydrogen-bond donors (Lipinski definition) is 1. The minimum Gasteiger partial charge on any atom is -0.508 e. The SMILES string of the molecule is CCCCOCc1ccc(O)c(CCCc2cccc(N(C(C)C)C(C)C)c2)c1. The molecule has 0 saturated heterocycles. The van der Waals surface area contributed by atoms with Gasteiger partial charge in [-0.15, -0.1) is 0 Å². The minimum absolute atomic E-state index is 0.391. The summed E-state index contributed by atoms with van der Waals surface area (Å²) in [5, 5.41) is 10.2. The summed E-state index contributed by atoms with van der Waals surface area (Å²) in [5.74, 6) is 0.391. The maximum atomic E-state index is 10.2. The number of rotatable bonds is 12. The van der Waals surface area contributed by atoms with Crippen LogP contribution in [0.2, 0.25) is 0 Å². The smallest absolute Gasteiger partial charge is 0.118 e. The molecule has 2 aromatic rings. The van der Waals surface area contributed by atoms with Gasteiger partial charge in [-0.1, -0.05) is 31.5 Å². The Morgan fingerprint density at radius 1 is 0.897 bits per heavy atom. The number of phenols is 1. The highest BCUT2D eigenvalue weighted by Crippen LogP contribution is 2.24. The van der Waals surface area contributed by atoms with E-state index in [1.165, 1.54) is 11.3 Å². The molecule has 0 spiro atoms. The fourth-order valence-corrected chi connectivity index (χ4v) is 3.91. The van der Waals surface area contributed by atoms with Gasteiger partial charge >= 0.3 is 0 Å². The van der Waals surface area contributed by atoms with Crippen molar-refractivity contribution in [3.8, 4) is 5.75 Å². The van der Waals surface area contributed by atoms with Crippen LogP contribution < -0.4 is 4.90 Å². The predicted octanol–water partition coefficient (Wildman–Crippen LogP) is 6.51. The van der Waals surface area contributed by atoms with Crippen LogP contribution in [0.3, 0.4) is 0 Å². The first-order valence-corrected chi connectivity index (χ1v) is 11.2. The van der Waals surface area contributed by atoms with Crippen LogP contribution in [0.15, 0.2) is 42.5 Å². The fourth-order valence-electron chi connectivity index (χ4n) is 3.91. The molecule has 29 heavy (non-hydrogen) atoms. The minimum atomic E-state index is 0.391. The number of benzene rings is 2. The Labute approximate surface area is 177 Å². The van der Waals surface area contributed by atoms with E-state index in [0.29, 0.717) is 24.4 Å². The molecule has 0 aliphatic carbocycles. The van der Waals surface area contributed by atoms with E-state index in [1.54, 1.807) is 6.07 Å². The van der Waals surface area contributed by atoms with Crippen LogP contribution in [0.5, 0.6) is 5.75 Å². The summed E-state index contributed by atoms with van der Waals surface area (Å²) in [6.45, 7) is 12.6. The summed E-state index contributed by atoms with van der Waals surface area (Å²) < 4.78 is 5.72. The van der Waals surface area contributed by atoms with Crippen molar-refractivity contribution in [1.82, 2.24) is 0 Å². The first-order valence-electron chi connectivity index (χ1n) is 11.2. The predicted molar refractivity (Wildman–Crippen MR) is 124 cm³/mol. The Kier molecular flexibility index (Phi) is 9.53. The molecule has 0 heterocycles. The highest BCUT2D eigenvalue weighted by atomic mass is 16.5. The first kappa shape index (κ1) is 23.3. The summed E-state index contributed by atoms with van der Waals surface area (Å²) in [5.41, 5.74) is 4.80. The standard InChI is InChI=1S/C26H39NO2/c1-6-7-16-29-19-23-14-15-26(28)24(17-23)12-8-10-22-11-9-13-25(18-22)27(20(2)3)21(4)5/h9,11,13-15,17-18,20-21,28H,6-8,10,12,16,19H2,1-5H3. The van der Waals surface area contributed by atoms with Gasteiger partial charge in [0, 0.05) is 24.4 Å². The molecule has 0 saturated carbocycles. The monoisotopic (exact) mass is 397 g/mol. The Morgan fingerprint density at radius 3 is 2.34 bits per heavy atom. The van der Waals surface area contributed by atoms with E-state index in [1.807, 2.05) is 6.07 Å². The molecule has 1 N–H and O–H groups in total. The second-order valence-corrected chi connectivity index (χ2v) is 8.49. The van der Waals surface area contributed by atoms with Crippen molar-refractivity contribution in [1.29, 1.82) is 0 Å². The highest BCUT2D eigenvalue weighted by molar-refractivity contribution is 5.50. The number of nitrogens with zero attached hydrogens (tertiary/aromatic N) is 1. The van der Waals surface area contributed by atoms with Crippen LogP contribution in [-0.4, -0.2) is 23.8 Å². The lowest BCUT2D eigenvalue weighted by molar-refractivity contribution is 0.118. The molecule has 0 amide bonds. The van der Waals surface area contributed by atoms with Crippen molar-refractivity contribution in [3.05, 3.63) is 59.2 Å². The number of aryl methyl sites for hydroxylation is 2. The second-order valence-electron chi connectivity index (χ2n) is 8.49. The third kappa shape index (κ3) is 7.40. The molecule has 2 aromatic carbocycles. The topological polar surface area (TPSA) is 32.7 Å². The van der Waals surface area contributed by atoms with Gasteiger partial charge < -0.3 is 14.7 Å². The molecule has 0 radical (unpaired) electrons. The van der Waals surface area contributed by atoms with Gasteiger partial charge in [-0.05, 0) is 94.3 Å². The zero-order valence-electron chi connectivity index (χ0n) is 18.9. The van der Waals surface area contributed by atoms with Crippen molar-refractivity contribution < 1.29 is 9.84 Å². The van der Waals surface area contributed by atoms with E-state index >= 15 is 0 Å². The normalized spacial score (nSPS) is 11.4. The quantitative estimate of drug-likeness (QED) is 0.415. The van der Waals surface area contributed by atoms with Gasteiger partial charge in [-0.25, -0.2) is 0 Å². The average Bonchev–Trinajstić information content (AvgIpc) is 2.67. The molecule has 0 aromatic heterocycles. The van der Waals surface area contributed by atoms with E-state index in [-0.39, 0.29) is 0 Å². The van der Waals surface area contributed by atoms with Gasteiger partial charge in [0.15, 0.2) is 0 Å². The van der Waals surface area contributed by atoms with E-state index in [4.69, 9.17) is 4.74 Å². The van der Waals surface area contributed by atoms with Crippen LogP contribution >= 0.6 is 0 Å². The van der Waals surface area contributed by atoms with Crippen molar-refractivity contribution >= 4 is 5.69 Å². The molecule has 3 nitrogen and oxygen atoms in total. The molecule has 0 aliphatic heterocycles. The molecular weight excluding hydrogens is 358 g/mol. The third-order valence-corrected chi connectivity index (χ3v) is 5.29. The Morgan fingerprint density at radius 2 is 1.66 bits per heavy atom. The van der Waals surface area contributed by atoms with Crippen molar-refractivity contribution in [2.75, 3.05) is 11.5 Å². The maximum absolute atomic E-state index is 10.2. The van der Waals surface area contributed by atoms with Crippen LogP contribution in [0, 0.1) is 0 Å². The summed E-state index contributed by atoms with van der Waals surface area (Å²) in [6, 6.07) is 15.7. The molecule has 0 atom stereocenters. The van der Waals surface area contributed by atoms with Gasteiger partial charge in [0.2, 0.25) is 0 Å². The van der Waals surface area contributed by atoms with Crippen LogP contribution in [-0.2, 0) is 24.2 Å². The summed E-state index contributed by atoms with van der Waals surface area (Å²) in [6.07, 6.45) is 5.13. The molecule has 2 rings (SSSR count). The van der Waals surface area contributed by atoms with Crippen molar-refractivity contribution in [2.45, 2.75) is 85.4 Å².